The van der Waals surface area contributed by atoms with E-state index in [0.29, 0.717) is 5.56 Å². The van der Waals surface area contributed by atoms with Crippen LogP contribution in [-0.2, 0) is 6.54 Å². The Morgan fingerprint density at radius 3 is 2.29 bits per heavy atom. The highest BCUT2D eigenvalue weighted by atomic mass is 19.2. The van der Waals surface area contributed by atoms with Gasteiger partial charge in [-0.2, -0.15) is 0 Å². The first-order valence-corrected chi connectivity index (χ1v) is 9.23. The quantitative estimate of drug-likeness (QED) is 0.799. The van der Waals surface area contributed by atoms with Crippen molar-refractivity contribution in [3.63, 3.8) is 0 Å². The van der Waals surface area contributed by atoms with E-state index in [0.717, 1.165) is 22.9 Å². The number of hydrogen-bond donors (Lipinski definition) is 1. The Kier molecular flexibility index (Phi) is 15.7. The zero-order valence-corrected chi connectivity index (χ0v) is 17.3. The number of rotatable bonds is 4. The van der Waals surface area contributed by atoms with Gasteiger partial charge in [0.25, 0.3) is 11.5 Å². The first-order valence-electron chi connectivity index (χ1n) is 9.23. The molecule has 1 aromatic heterocycles. The molecular weight excluding hydrogens is 364 g/mol. The monoisotopic (exact) mass is 393 g/mol. The summed E-state index contributed by atoms with van der Waals surface area (Å²) in [6, 6.07) is 3.29. The number of aromatic nitrogens is 2. The van der Waals surface area contributed by atoms with Crippen LogP contribution < -0.4 is 10.9 Å². The topological polar surface area (TPSA) is 64.0 Å². The summed E-state index contributed by atoms with van der Waals surface area (Å²) < 4.78 is 27.2. The van der Waals surface area contributed by atoms with Crippen molar-refractivity contribution in [3.05, 3.63) is 63.8 Å². The molecule has 0 bridgehead atoms. The molecule has 0 aliphatic rings. The van der Waals surface area contributed by atoms with E-state index >= 15 is 0 Å². The summed E-state index contributed by atoms with van der Waals surface area (Å²) in [5.74, 6) is -0.416. The van der Waals surface area contributed by atoms with E-state index in [1.54, 1.807) is 0 Å². The number of benzene rings is 1. The van der Waals surface area contributed by atoms with Crippen LogP contribution in [0.5, 0.6) is 0 Å². The van der Waals surface area contributed by atoms with Gasteiger partial charge in [0, 0.05) is 6.20 Å². The second-order valence-corrected chi connectivity index (χ2v) is 4.38. The van der Waals surface area contributed by atoms with Crippen LogP contribution in [0.1, 0.15) is 57.5 Å². The summed E-state index contributed by atoms with van der Waals surface area (Å²) in [5.41, 5.74) is -0.418. The summed E-state index contributed by atoms with van der Waals surface area (Å²) in [5, 5.41) is 2.36. The molecule has 0 saturated heterocycles. The maximum Gasteiger partial charge on any atom is 0.266 e. The minimum atomic E-state index is -1.01. The average Bonchev–Trinajstić information content (AvgIpc) is 2.75. The molecule has 0 radical (unpaired) electrons. The molecule has 1 aromatic carbocycles. The normalized spacial score (nSPS) is 8.54. The van der Waals surface area contributed by atoms with Gasteiger partial charge in [0.15, 0.2) is 11.6 Å². The maximum absolute atomic E-state index is 13.2. The summed E-state index contributed by atoms with van der Waals surface area (Å²) in [6.07, 6.45) is 7.35. The van der Waals surface area contributed by atoms with E-state index in [4.69, 9.17) is 6.42 Å². The van der Waals surface area contributed by atoms with Crippen LogP contribution in [0.15, 0.2) is 35.5 Å². The molecular formula is C21H29F2N3O2. The zero-order valence-electron chi connectivity index (χ0n) is 17.3. The van der Waals surface area contributed by atoms with Gasteiger partial charge in [-0.1, -0.05) is 53.5 Å². The summed E-state index contributed by atoms with van der Waals surface area (Å²) in [6.45, 7) is 11.9. The Morgan fingerprint density at radius 1 is 1.14 bits per heavy atom. The SMILES string of the molecule is C#CCNC(=O)c1cncn(Cc2ccc(F)c(F)c2)c1=O.CC.CC.CC. The number of amides is 1. The third-order valence-electron chi connectivity index (χ3n) is 2.83. The van der Waals surface area contributed by atoms with Crippen LogP contribution in [0.25, 0.3) is 0 Å². The average molecular weight is 393 g/mol. The molecule has 2 aromatic rings. The molecule has 28 heavy (non-hydrogen) atoms. The minimum absolute atomic E-state index is 0.0175. The lowest BCUT2D eigenvalue weighted by Crippen LogP contribution is -2.33. The summed E-state index contributed by atoms with van der Waals surface area (Å²) in [7, 11) is 0. The lowest BCUT2D eigenvalue weighted by atomic mass is 10.2. The molecule has 0 aliphatic carbocycles. The van der Waals surface area contributed by atoms with Crippen molar-refractivity contribution in [1.82, 2.24) is 14.9 Å². The van der Waals surface area contributed by atoms with Gasteiger partial charge in [-0.15, -0.1) is 6.42 Å². The van der Waals surface area contributed by atoms with Gasteiger partial charge < -0.3 is 5.32 Å². The van der Waals surface area contributed by atoms with Crippen LogP contribution >= 0.6 is 0 Å². The van der Waals surface area contributed by atoms with Crippen LogP contribution in [-0.4, -0.2) is 22.0 Å². The van der Waals surface area contributed by atoms with E-state index in [2.05, 4.69) is 16.2 Å². The van der Waals surface area contributed by atoms with Gasteiger partial charge in [0.1, 0.15) is 5.56 Å². The number of terminal acetylenes is 1. The van der Waals surface area contributed by atoms with E-state index in [-0.39, 0.29) is 18.7 Å². The zero-order chi connectivity index (χ0) is 22.1. The molecule has 1 heterocycles. The molecule has 0 saturated carbocycles. The van der Waals surface area contributed by atoms with Gasteiger partial charge in [-0.05, 0) is 17.7 Å². The molecule has 0 unspecified atom stereocenters. The number of hydrogen-bond acceptors (Lipinski definition) is 3. The predicted molar refractivity (Wildman–Crippen MR) is 109 cm³/mol. The predicted octanol–water partition coefficient (Wildman–Crippen LogP) is 4.01. The van der Waals surface area contributed by atoms with Crippen molar-refractivity contribution in [2.24, 2.45) is 0 Å². The molecule has 7 heteroatoms. The van der Waals surface area contributed by atoms with Gasteiger partial charge in [-0.3, -0.25) is 14.2 Å². The van der Waals surface area contributed by atoms with Crippen molar-refractivity contribution in [2.75, 3.05) is 6.54 Å². The van der Waals surface area contributed by atoms with Crippen molar-refractivity contribution < 1.29 is 13.6 Å². The second kappa shape index (κ2) is 16.2. The molecule has 0 fully saturated rings. The highest BCUT2D eigenvalue weighted by Gasteiger charge is 2.13. The third-order valence-corrected chi connectivity index (χ3v) is 2.83. The number of nitrogens with zero attached hydrogens (tertiary/aromatic N) is 2. The largest absolute Gasteiger partial charge is 0.341 e. The Balaban J connectivity index is 0. The number of halogens is 2. The van der Waals surface area contributed by atoms with E-state index in [1.165, 1.54) is 12.4 Å². The van der Waals surface area contributed by atoms with Crippen molar-refractivity contribution in [1.29, 1.82) is 0 Å². The highest BCUT2D eigenvalue weighted by Crippen LogP contribution is 2.09. The van der Waals surface area contributed by atoms with Gasteiger partial charge >= 0.3 is 0 Å². The number of carbonyl (C=O) groups is 1. The summed E-state index contributed by atoms with van der Waals surface area (Å²) >= 11 is 0. The molecule has 2 rings (SSSR count). The fourth-order valence-electron chi connectivity index (χ4n) is 1.78. The molecule has 1 amide bonds. The van der Waals surface area contributed by atoms with Crippen LogP contribution in [0, 0.1) is 24.0 Å². The lowest BCUT2D eigenvalue weighted by molar-refractivity contribution is 0.0956. The molecule has 0 atom stereocenters. The van der Waals surface area contributed by atoms with Gasteiger partial charge in [0.2, 0.25) is 0 Å². The second-order valence-electron chi connectivity index (χ2n) is 4.38. The smallest absolute Gasteiger partial charge is 0.266 e. The van der Waals surface area contributed by atoms with Crippen molar-refractivity contribution in [3.8, 4) is 12.3 Å². The number of nitrogens with one attached hydrogen (secondary N) is 1. The third kappa shape index (κ3) is 8.58. The first-order chi connectivity index (χ1) is 13.5. The van der Waals surface area contributed by atoms with E-state index in [1.807, 2.05) is 41.5 Å². The summed E-state index contributed by atoms with van der Waals surface area (Å²) in [4.78, 5) is 27.7. The van der Waals surface area contributed by atoms with Crippen LogP contribution in [0.4, 0.5) is 8.78 Å². The Labute approximate surface area is 165 Å². The Morgan fingerprint density at radius 2 is 1.75 bits per heavy atom. The van der Waals surface area contributed by atoms with Crippen molar-refractivity contribution in [2.45, 2.75) is 48.1 Å². The molecule has 0 aliphatic heterocycles. The van der Waals surface area contributed by atoms with Crippen LogP contribution in [0.2, 0.25) is 0 Å². The molecule has 0 spiro atoms. The van der Waals surface area contributed by atoms with Gasteiger partial charge in [0.05, 0.1) is 19.4 Å². The molecule has 1 N–H and O–H groups in total. The van der Waals surface area contributed by atoms with E-state index < -0.39 is 23.1 Å². The minimum Gasteiger partial charge on any atom is -0.341 e. The lowest BCUT2D eigenvalue weighted by Gasteiger charge is -2.07. The first kappa shape index (κ1) is 27.2. The highest BCUT2D eigenvalue weighted by molar-refractivity contribution is 5.93. The maximum atomic E-state index is 13.2. The standard InChI is InChI=1S/C15H11F2N3O2.3C2H6/c1-2-5-19-14(21)11-7-18-9-20(15(11)22)8-10-3-4-12(16)13(17)6-10;3*1-2/h1,3-4,6-7,9H,5,8H2,(H,19,21);3*1-2H3. The van der Waals surface area contributed by atoms with Crippen molar-refractivity contribution >= 4 is 5.91 Å². The Bertz CT molecular complexity index is 812. The molecule has 5 nitrogen and oxygen atoms in total. The van der Waals surface area contributed by atoms with Gasteiger partial charge in [-0.25, -0.2) is 13.8 Å². The molecule has 154 valence electrons. The Hall–Kier alpha value is -3.01. The fraction of sp³-hybridized carbons (Fsp3) is 0.381. The fourth-order valence-corrected chi connectivity index (χ4v) is 1.78. The van der Waals surface area contributed by atoms with E-state index in [9.17, 15) is 18.4 Å². The van der Waals surface area contributed by atoms with Crippen LogP contribution in [0.3, 0.4) is 0 Å². The number of carbonyl (C=O) groups excluding carboxylic acids is 1.